The second-order valence-electron chi connectivity index (χ2n) is 4.05. The van der Waals surface area contributed by atoms with Crippen molar-refractivity contribution in [1.29, 1.82) is 5.26 Å². The Hall–Kier alpha value is -0.640. The Kier molecular flexibility index (Phi) is 5.19. The summed E-state index contributed by atoms with van der Waals surface area (Å²) in [6, 6.07) is 2.23. The van der Waals surface area contributed by atoms with Crippen LogP contribution in [0.4, 0.5) is 0 Å². The summed E-state index contributed by atoms with van der Waals surface area (Å²) in [5.74, 6) is 0. The first-order valence-corrected chi connectivity index (χ1v) is 7.26. The molecule has 92 valence electrons. The molecule has 0 saturated carbocycles. The van der Waals surface area contributed by atoms with E-state index >= 15 is 0 Å². The summed E-state index contributed by atoms with van der Waals surface area (Å²) in [5, 5.41) is 11.1. The summed E-state index contributed by atoms with van der Waals surface area (Å²) in [7, 11) is -3.45. The van der Waals surface area contributed by atoms with Crippen LogP contribution >= 0.6 is 0 Å². The minimum Gasteiger partial charge on any atom is -0.314 e. The molecule has 0 aromatic rings. The van der Waals surface area contributed by atoms with Crippen LogP contribution in [0.1, 0.15) is 32.6 Å². The molecular formula is C10H19N3O2S. The zero-order chi connectivity index (χ0) is 12.0. The van der Waals surface area contributed by atoms with Crippen LogP contribution < -0.4 is 10.0 Å². The number of hydrogen-bond donors (Lipinski definition) is 2. The van der Waals surface area contributed by atoms with Crippen LogP contribution in [0, 0.1) is 11.3 Å². The second-order valence-corrected chi connectivity index (χ2v) is 6.00. The third kappa shape index (κ3) is 3.74. The van der Waals surface area contributed by atoms with E-state index in [-0.39, 0.29) is 0 Å². The Morgan fingerprint density at radius 3 is 2.88 bits per heavy atom. The van der Waals surface area contributed by atoms with Gasteiger partial charge in [0.25, 0.3) is 0 Å². The maximum Gasteiger partial charge on any atom is 0.227 e. The van der Waals surface area contributed by atoms with Crippen LogP contribution in [-0.2, 0) is 10.0 Å². The van der Waals surface area contributed by atoms with Crippen molar-refractivity contribution < 1.29 is 8.42 Å². The van der Waals surface area contributed by atoms with E-state index < -0.39 is 15.3 Å². The molecule has 5 nitrogen and oxygen atoms in total. The molecule has 1 rings (SSSR count). The third-order valence-corrected chi connectivity index (χ3v) is 4.64. The standard InChI is InChI=1S/C10H19N3O2S/c1-2-10(8-11)16(14,15)13-7-5-9-4-3-6-12-9/h9-10,12-13H,2-7H2,1H3/t9-,10?/m1/s1. The fraction of sp³-hybridized carbons (Fsp3) is 0.900. The zero-order valence-electron chi connectivity index (χ0n) is 9.57. The van der Waals surface area contributed by atoms with Crippen molar-refractivity contribution in [2.24, 2.45) is 0 Å². The number of nitrogens with zero attached hydrogens (tertiary/aromatic N) is 1. The molecule has 2 N–H and O–H groups in total. The van der Waals surface area contributed by atoms with Gasteiger partial charge in [0.2, 0.25) is 10.0 Å². The van der Waals surface area contributed by atoms with E-state index in [9.17, 15) is 8.42 Å². The topological polar surface area (TPSA) is 82.0 Å². The number of nitriles is 1. The predicted molar refractivity (Wildman–Crippen MR) is 62.3 cm³/mol. The van der Waals surface area contributed by atoms with Gasteiger partial charge in [-0.15, -0.1) is 0 Å². The van der Waals surface area contributed by atoms with E-state index in [2.05, 4.69) is 10.0 Å². The Morgan fingerprint density at radius 2 is 2.38 bits per heavy atom. The normalized spacial score (nSPS) is 22.9. The van der Waals surface area contributed by atoms with Crippen molar-refractivity contribution >= 4 is 10.0 Å². The van der Waals surface area contributed by atoms with E-state index in [1.54, 1.807) is 13.0 Å². The van der Waals surface area contributed by atoms with E-state index in [4.69, 9.17) is 5.26 Å². The predicted octanol–water partition coefficient (Wildman–Crippen LogP) is 0.350. The molecule has 1 heterocycles. The smallest absolute Gasteiger partial charge is 0.227 e. The average Bonchev–Trinajstić information content (AvgIpc) is 2.71. The molecule has 16 heavy (non-hydrogen) atoms. The van der Waals surface area contributed by atoms with Gasteiger partial charge in [0.15, 0.2) is 5.25 Å². The molecular weight excluding hydrogens is 226 g/mol. The van der Waals surface area contributed by atoms with E-state index in [1.807, 2.05) is 0 Å². The van der Waals surface area contributed by atoms with Gasteiger partial charge in [0, 0.05) is 12.6 Å². The van der Waals surface area contributed by atoms with Gasteiger partial charge in [0.1, 0.15) is 0 Å². The fourth-order valence-corrected chi connectivity index (χ4v) is 3.04. The van der Waals surface area contributed by atoms with E-state index in [0.717, 1.165) is 25.8 Å². The van der Waals surface area contributed by atoms with Crippen molar-refractivity contribution in [2.45, 2.75) is 43.9 Å². The summed E-state index contributed by atoms with van der Waals surface area (Å²) < 4.78 is 25.7. The highest BCUT2D eigenvalue weighted by Crippen LogP contribution is 2.08. The lowest BCUT2D eigenvalue weighted by Crippen LogP contribution is -2.36. The fourth-order valence-electron chi connectivity index (χ4n) is 1.86. The van der Waals surface area contributed by atoms with Gasteiger partial charge in [0.05, 0.1) is 6.07 Å². The second kappa shape index (κ2) is 6.18. The Labute approximate surface area is 97.3 Å². The van der Waals surface area contributed by atoms with Gasteiger partial charge in [-0.3, -0.25) is 0 Å². The van der Waals surface area contributed by atoms with Crippen molar-refractivity contribution in [3.63, 3.8) is 0 Å². The molecule has 0 aromatic carbocycles. The highest BCUT2D eigenvalue weighted by atomic mass is 32.2. The van der Waals surface area contributed by atoms with Gasteiger partial charge in [-0.05, 0) is 32.2 Å². The summed E-state index contributed by atoms with van der Waals surface area (Å²) in [6.07, 6.45) is 3.39. The third-order valence-electron chi connectivity index (χ3n) is 2.85. The number of rotatable bonds is 6. The Morgan fingerprint density at radius 1 is 1.62 bits per heavy atom. The zero-order valence-corrected chi connectivity index (χ0v) is 10.4. The molecule has 1 fully saturated rings. The quantitative estimate of drug-likeness (QED) is 0.707. The minimum absolute atomic E-state index is 0.327. The van der Waals surface area contributed by atoms with E-state index in [0.29, 0.717) is 19.0 Å². The Bertz CT molecular complexity index is 342. The lowest BCUT2D eigenvalue weighted by molar-refractivity contribution is 0.536. The van der Waals surface area contributed by atoms with Crippen LogP contribution in [0.2, 0.25) is 0 Å². The Balaban J connectivity index is 2.33. The van der Waals surface area contributed by atoms with Crippen LogP contribution in [-0.4, -0.2) is 32.8 Å². The van der Waals surface area contributed by atoms with Gasteiger partial charge < -0.3 is 5.32 Å². The summed E-state index contributed by atoms with van der Waals surface area (Å²) in [6.45, 7) is 3.14. The summed E-state index contributed by atoms with van der Waals surface area (Å²) >= 11 is 0. The van der Waals surface area contributed by atoms with Crippen molar-refractivity contribution in [3.8, 4) is 6.07 Å². The van der Waals surface area contributed by atoms with Crippen LogP contribution in [0.5, 0.6) is 0 Å². The lowest BCUT2D eigenvalue weighted by atomic mass is 10.2. The molecule has 1 aliphatic rings. The monoisotopic (exact) mass is 245 g/mol. The van der Waals surface area contributed by atoms with Crippen LogP contribution in [0.15, 0.2) is 0 Å². The van der Waals surface area contributed by atoms with Gasteiger partial charge in [-0.2, -0.15) is 5.26 Å². The van der Waals surface area contributed by atoms with Crippen molar-refractivity contribution in [1.82, 2.24) is 10.0 Å². The van der Waals surface area contributed by atoms with E-state index in [1.165, 1.54) is 0 Å². The largest absolute Gasteiger partial charge is 0.314 e. The molecule has 6 heteroatoms. The molecule has 1 saturated heterocycles. The molecule has 0 aliphatic carbocycles. The summed E-state index contributed by atoms with van der Waals surface area (Å²) in [4.78, 5) is 0. The number of nitrogens with one attached hydrogen (secondary N) is 2. The van der Waals surface area contributed by atoms with Crippen molar-refractivity contribution in [2.75, 3.05) is 13.1 Å². The first-order valence-electron chi connectivity index (χ1n) is 5.71. The first-order chi connectivity index (χ1) is 7.60. The molecule has 1 unspecified atom stereocenters. The first kappa shape index (κ1) is 13.4. The SMILES string of the molecule is CCC(C#N)S(=O)(=O)NCC[C@H]1CCCN1. The average molecular weight is 245 g/mol. The van der Waals surface area contributed by atoms with Gasteiger partial charge in [-0.1, -0.05) is 6.92 Å². The van der Waals surface area contributed by atoms with Crippen LogP contribution in [0.3, 0.4) is 0 Å². The van der Waals surface area contributed by atoms with Crippen LogP contribution in [0.25, 0.3) is 0 Å². The highest BCUT2D eigenvalue weighted by molar-refractivity contribution is 7.90. The van der Waals surface area contributed by atoms with Gasteiger partial charge >= 0.3 is 0 Å². The number of hydrogen-bond acceptors (Lipinski definition) is 4. The lowest BCUT2D eigenvalue weighted by Gasteiger charge is -2.12. The summed E-state index contributed by atoms with van der Waals surface area (Å²) in [5.41, 5.74) is 0. The molecule has 1 aliphatic heterocycles. The molecule has 0 aromatic heterocycles. The molecule has 0 radical (unpaired) electrons. The molecule has 0 amide bonds. The van der Waals surface area contributed by atoms with Crippen molar-refractivity contribution in [3.05, 3.63) is 0 Å². The maximum atomic E-state index is 11.6. The molecule has 2 atom stereocenters. The minimum atomic E-state index is -3.45. The molecule has 0 bridgehead atoms. The van der Waals surface area contributed by atoms with Gasteiger partial charge in [-0.25, -0.2) is 13.1 Å². The highest BCUT2D eigenvalue weighted by Gasteiger charge is 2.23. The molecule has 0 spiro atoms. The number of sulfonamides is 1. The maximum absolute atomic E-state index is 11.6.